The average Bonchev–Trinajstić information content (AvgIpc) is 3.32. The van der Waals surface area contributed by atoms with Gasteiger partial charge in [-0.05, 0) is 41.1 Å². The van der Waals surface area contributed by atoms with Crippen molar-refractivity contribution in [1.82, 2.24) is 9.38 Å². The summed E-state index contributed by atoms with van der Waals surface area (Å²) in [6.07, 6.45) is 1.79. The smallest absolute Gasteiger partial charge is 0.296 e. The first-order chi connectivity index (χ1) is 14.1. The fraction of sp³-hybridized carbons (Fsp3) is 0.120. The molecule has 0 N–H and O–H groups in total. The van der Waals surface area contributed by atoms with E-state index in [1.165, 1.54) is 49.2 Å². The lowest BCUT2D eigenvalue weighted by atomic mass is 9.96. The Morgan fingerprint density at radius 1 is 0.897 bits per heavy atom. The largest absolute Gasteiger partial charge is 0.464 e. The van der Waals surface area contributed by atoms with E-state index in [2.05, 4.69) is 78.4 Å². The molecule has 0 amide bonds. The number of hydrogen-bond acceptors (Lipinski definition) is 2. The summed E-state index contributed by atoms with van der Waals surface area (Å²) < 4.78 is 10.5. The maximum Gasteiger partial charge on any atom is 0.296 e. The van der Waals surface area contributed by atoms with Crippen LogP contribution in [0.15, 0.2) is 59.2 Å². The van der Waals surface area contributed by atoms with Gasteiger partial charge in [-0.2, -0.15) is 0 Å². The number of hydrogen-bond donors (Lipinski definition) is 0. The Hall–Kier alpha value is -3.66. The third kappa shape index (κ3) is 1.63. The Bertz CT molecular complexity index is 1790. The van der Waals surface area contributed by atoms with Gasteiger partial charge in [-0.1, -0.05) is 24.3 Å². The Balaban J connectivity index is 2.02. The van der Waals surface area contributed by atoms with Gasteiger partial charge in [0, 0.05) is 29.1 Å². The Labute approximate surface area is 165 Å². The molecule has 0 aliphatic carbocycles. The van der Waals surface area contributed by atoms with E-state index in [0.717, 1.165) is 22.3 Å². The van der Waals surface area contributed by atoms with E-state index >= 15 is 0 Å². The van der Waals surface area contributed by atoms with Crippen molar-refractivity contribution in [2.24, 2.45) is 7.05 Å². The quantitative estimate of drug-likeness (QED) is 0.197. The summed E-state index contributed by atoms with van der Waals surface area (Å²) in [6.45, 7) is 4.30. The number of aryl methyl sites for hydroxylation is 3. The molecule has 0 radical (unpaired) electrons. The molecule has 4 nitrogen and oxygen atoms in total. The second kappa shape index (κ2) is 4.84. The third-order valence-electron chi connectivity index (χ3n) is 6.57. The van der Waals surface area contributed by atoms with E-state index in [1.54, 1.807) is 6.26 Å². The van der Waals surface area contributed by atoms with Crippen molar-refractivity contribution in [1.29, 1.82) is 0 Å². The van der Waals surface area contributed by atoms with Crippen LogP contribution in [0.1, 0.15) is 11.4 Å². The summed E-state index contributed by atoms with van der Waals surface area (Å²) in [6, 6.07) is 17.3. The highest BCUT2D eigenvalue weighted by Gasteiger charge is 2.27. The summed E-state index contributed by atoms with van der Waals surface area (Å²) in [5.74, 6) is 1.01. The predicted octanol–water partition coefficient (Wildman–Crippen LogP) is 5.57. The minimum Gasteiger partial charge on any atom is -0.464 e. The average molecular weight is 376 g/mol. The van der Waals surface area contributed by atoms with Crippen molar-refractivity contribution in [3.63, 3.8) is 0 Å². The number of para-hydroxylation sites is 1. The van der Waals surface area contributed by atoms with Gasteiger partial charge in [0.2, 0.25) is 5.52 Å². The van der Waals surface area contributed by atoms with Gasteiger partial charge in [0.15, 0.2) is 5.52 Å². The molecule has 0 aliphatic heterocycles. The van der Waals surface area contributed by atoms with Crippen LogP contribution in [0, 0.1) is 13.8 Å². The number of benzene rings is 3. The van der Waals surface area contributed by atoms with Crippen molar-refractivity contribution in [2.45, 2.75) is 13.8 Å². The van der Waals surface area contributed by atoms with E-state index in [4.69, 9.17) is 9.40 Å². The maximum atomic E-state index is 5.84. The topological polar surface area (TPSA) is 34.3 Å². The highest BCUT2D eigenvalue weighted by atomic mass is 16.3. The monoisotopic (exact) mass is 376 g/mol. The van der Waals surface area contributed by atoms with Gasteiger partial charge in [-0.3, -0.25) is 0 Å². The molecule has 0 saturated heterocycles. The number of aromatic nitrogens is 3. The zero-order chi connectivity index (χ0) is 19.4. The molecule has 4 aromatic heterocycles. The molecule has 0 bridgehead atoms. The standard InChI is InChI=1S/C25H18N3O/c1-13-8-9-16-15-10-11-29-20(15)12-19-22(16)21(13)24-25-23(26-14(2)27(24)3)17-6-4-5-7-18(17)28(19)25/h4-12H,1-3H3/q+1. The van der Waals surface area contributed by atoms with Crippen molar-refractivity contribution in [3.8, 4) is 0 Å². The van der Waals surface area contributed by atoms with Crippen molar-refractivity contribution >= 4 is 60.1 Å². The fourth-order valence-electron chi connectivity index (χ4n) is 5.18. The SMILES string of the molecule is Cc1ccc2c3ccoc3cc3c2c1c1c2c(nc(C)[n+]1C)c1ccccc1n32. The molecule has 4 heteroatoms. The molecule has 0 saturated carbocycles. The number of rotatable bonds is 0. The first-order valence-electron chi connectivity index (χ1n) is 9.89. The Morgan fingerprint density at radius 2 is 1.76 bits per heavy atom. The molecular weight excluding hydrogens is 358 g/mol. The second-order valence-corrected chi connectivity index (χ2v) is 8.02. The molecule has 4 heterocycles. The first-order valence-corrected chi connectivity index (χ1v) is 9.89. The van der Waals surface area contributed by atoms with Crippen molar-refractivity contribution in [2.75, 3.05) is 0 Å². The molecule has 0 aliphatic rings. The molecule has 7 aromatic rings. The van der Waals surface area contributed by atoms with E-state index in [9.17, 15) is 0 Å². The minimum atomic E-state index is 0.918. The highest BCUT2D eigenvalue weighted by Crippen LogP contribution is 2.42. The number of fused-ring (bicyclic) bond motifs is 7. The summed E-state index contributed by atoms with van der Waals surface area (Å²) >= 11 is 0. The van der Waals surface area contributed by atoms with Crippen LogP contribution in [0.5, 0.6) is 0 Å². The zero-order valence-electron chi connectivity index (χ0n) is 16.4. The molecule has 3 aromatic carbocycles. The summed E-state index contributed by atoms with van der Waals surface area (Å²) in [5, 5.41) is 6.17. The summed E-state index contributed by atoms with van der Waals surface area (Å²) in [5.41, 5.74) is 8.02. The lowest BCUT2D eigenvalue weighted by molar-refractivity contribution is -0.653. The van der Waals surface area contributed by atoms with Crippen LogP contribution in [0.3, 0.4) is 0 Å². The van der Waals surface area contributed by atoms with Crippen molar-refractivity contribution in [3.05, 3.63) is 66.2 Å². The number of pyridine rings is 1. The van der Waals surface area contributed by atoms with Crippen LogP contribution in [0.25, 0.3) is 60.1 Å². The fourth-order valence-corrected chi connectivity index (χ4v) is 5.18. The van der Waals surface area contributed by atoms with Gasteiger partial charge in [0.1, 0.15) is 11.1 Å². The van der Waals surface area contributed by atoms with E-state index in [1.807, 2.05) is 0 Å². The lowest BCUT2D eigenvalue weighted by Crippen LogP contribution is -2.34. The van der Waals surface area contributed by atoms with Gasteiger partial charge in [-0.25, -0.2) is 4.57 Å². The highest BCUT2D eigenvalue weighted by molar-refractivity contribution is 6.28. The molecule has 0 atom stereocenters. The molecule has 7 rings (SSSR count). The second-order valence-electron chi connectivity index (χ2n) is 8.02. The molecule has 0 fully saturated rings. The van der Waals surface area contributed by atoms with Crippen LogP contribution < -0.4 is 4.57 Å². The van der Waals surface area contributed by atoms with Gasteiger partial charge in [-0.15, -0.1) is 0 Å². The van der Waals surface area contributed by atoms with E-state index in [0.29, 0.717) is 0 Å². The molecular formula is C25H18N3O+. The normalized spacial score (nSPS) is 12.7. The lowest BCUT2D eigenvalue weighted by Gasteiger charge is -2.14. The Morgan fingerprint density at radius 3 is 2.66 bits per heavy atom. The summed E-state index contributed by atoms with van der Waals surface area (Å²) in [7, 11) is 2.12. The van der Waals surface area contributed by atoms with Crippen LogP contribution >= 0.6 is 0 Å². The van der Waals surface area contributed by atoms with Crippen molar-refractivity contribution < 1.29 is 8.98 Å². The maximum absolute atomic E-state index is 5.84. The summed E-state index contributed by atoms with van der Waals surface area (Å²) in [4.78, 5) is 5.00. The van der Waals surface area contributed by atoms with Crippen LogP contribution in [0.2, 0.25) is 0 Å². The van der Waals surface area contributed by atoms with E-state index < -0.39 is 0 Å². The van der Waals surface area contributed by atoms with Gasteiger partial charge >= 0.3 is 0 Å². The molecule has 138 valence electrons. The molecule has 0 unspecified atom stereocenters. The molecule has 0 spiro atoms. The van der Waals surface area contributed by atoms with Gasteiger partial charge < -0.3 is 8.82 Å². The Kier molecular flexibility index (Phi) is 2.55. The predicted molar refractivity (Wildman–Crippen MR) is 117 cm³/mol. The van der Waals surface area contributed by atoms with Gasteiger partial charge in [0.25, 0.3) is 5.82 Å². The third-order valence-corrected chi connectivity index (χ3v) is 6.57. The van der Waals surface area contributed by atoms with E-state index in [-0.39, 0.29) is 0 Å². The number of furan rings is 1. The number of nitrogens with zero attached hydrogens (tertiary/aromatic N) is 3. The van der Waals surface area contributed by atoms with Gasteiger partial charge in [0.05, 0.1) is 29.7 Å². The van der Waals surface area contributed by atoms with Crippen LogP contribution in [0.4, 0.5) is 0 Å². The van der Waals surface area contributed by atoms with Crippen LogP contribution in [-0.2, 0) is 7.05 Å². The zero-order valence-corrected chi connectivity index (χ0v) is 16.4. The molecule has 29 heavy (non-hydrogen) atoms. The first kappa shape index (κ1) is 15.3. The van der Waals surface area contributed by atoms with Crippen LogP contribution in [-0.4, -0.2) is 9.38 Å². The minimum absolute atomic E-state index is 0.918.